The second kappa shape index (κ2) is 6.78. The fourth-order valence-corrected chi connectivity index (χ4v) is 1.87. The zero-order valence-electron chi connectivity index (χ0n) is 10.8. The van der Waals surface area contributed by atoms with Crippen molar-refractivity contribution in [2.24, 2.45) is 0 Å². The van der Waals surface area contributed by atoms with Crippen LogP contribution in [0.25, 0.3) is 0 Å². The van der Waals surface area contributed by atoms with Crippen LogP contribution in [0.15, 0.2) is 24.5 Å². The van der Waals surface area contributed by atoms with Crippen LogP contribution in [0.3, 0.4) is 0 Å². The summed E-state index contributed by atoms with van der Waals surface area (Å²) in [6, 6.07) is 3.81. The van der Waals surface area contributed by atoms with E-state index in [1.807, 2.05) is 0 Å². The molecule has 0 aliphatic heterocycles. The summed E-state index contributed by atoms with van der Waals surface area (Å²) < 4.78 is 27.2. The van der Waals surface area contributed by atoms with Crippen LogP contribution in [0.5, 0.6) is 0 Å². The standard InChI is InChI=1S/C14H14F2N4/c15-12-6-10(8-17)7-13(16)11(12)9-18-3-1-2-14-19-4-5-20-14/h4-7,18H,1-3,9H2,(H,19,20). The summed E-state index contributed by atoms with van der Waals surface area (Å²) in [6.07, 6.45) is 5.03. The Morgan fingerprint density at radius 2 is 2.05 bits per heavy atom. The van der Waals surface area contributed by atoms with Crippen molar-refractivity contribution < 1.29 is 8.78 Å². The van der Waals surface area contributed by atoms with E-state index in [0.717, 1.165) is 30.8 Å². The molecule has 0 amide bonds. The molecule has 104 valence electrons. The van der Waals surface area contributed by atoms with Crippen LogP contribution in [0.4, 0.5) is 8.78 Å². The monoisotopic (exact) mass is 276 g/mol. The van der Waals surface area contributed by atoms with E-state index >= 15 is 0 Å². The zero-order valence-corrected chi connectivity index (χ0v) is 10.8. The molecule has 20 heavy (non-hydrogen) atoms. The number of halogens is 2. The molecule has 0 atom stereocenters. The number of hydrogen-bond donors (Lipinski definition) is 2. The van der Waals surface area contributed by atoms with E-state index in [4.69, 9.17) is 5.26 Å². The lowest BCUT2D eigenvalue weighted by Crippen LogP contribution is -2.17. The van der Waals surface area contributed by atoms with E-state index in [1.54, 1.807) is 18.5 Å². The number of benzene rings is 1. The third kappa shape index (κ3) is 3.62. The lowest BCUT2D eigenvalue weighted by molar-refractivity contribution is 0.531. The van der Waals surface area contributed by atoms with Gasteiger partial charge in [0.15, 0.2) is 0 Å². The van der Waals surface area contributed by atoms with Crippen molar-refractivity contribution in [1.82, 2.24) is 15.3 Å². The maximum atomic E-state index is 13.6. The summed E-state index contributed by atoms with van der Waals surface area (Å²) in [5, 5.41) is 11.6. The number of rotatable bonds is 6. The quantitative estimate of drug-likeness (QED) is 0.796. The second-order valence-corrected chi connectivity index (χ2v) is 4.35. The molecule has 0 spiro atoms. The lowest BCUT2D eigenvalue weighted by Gasteiger charge is -2.07. The summed E-state index contributed by atoms with van der Waals surface area (Å²) in [6.45, 7) is 0.723. The number of H-pyrrole nitrogens is 1. The number of nitrogens with one attached hydrogen (secondary N) is 2. The minimum absolute atomic E-state index is 0.0124. The van der Waals surface area contributed by atoms with Gasteiger partial charge in [-0.3, -0.25) is 0 Å². The summed E-state index contributed by atoms with van der Waals surface area (Å²) >= 11 is 0. The molecule has 0 aliphatic rings. The number of nitrogens with zero attached hydrogens (tertiary/aromatic N) is 2. The average Bonchev–Trinajstić information content (AvgIpc) is 2.94. The van der Waals surface area contributed by atoms with E-state index in [9.17, 15) is 8.78 Å². The molecule has 0 radical (unpaired) electrons. The molecule has 0 aliphatic carbocycles. The molecule has 1 aromatic heterocycles. The maximum absolute atomic E-state index is 13.6. The van der Waals surface area contributed by atoms with Crippen LogP contribution in [0.2, 0.25) is 0 Å². The van der Waals surface area contributed by atoms with Gasteiger partial charge < -0.3 is 10.3 Å². The molecular weight excluding hydrogens is 262 g/mol. The predicted molar refractivity (Wildman–Crippen MR) is 69.7 cm³/mol. The highest BCUT2D eigenvalue weighted by Crippen LogP contribution is 2.14. The third-order valence-electron chi connectivity index (χ3n) is 2.89. The normalized spacial score (nSPS) is 10.4. The maximum Gasteiger partial charge on any atom is 0.131 e. The first kappa shape index (κ1) is 14.2. The molecule has 1 heterocycles. The van der Waals surface area contributed by atoms with Gasteiger partial charge in [0.1, 0.15) is 17.5 Å². The molecule has 0 bridgehead atoms. The van der Waals surface area contributed by atoms with E-state index in [2.05, 4.69) is 15.3 Å². The van der Waals surface area contributed by atoms with Crippen LogP contribution < -0.4 is 5.32 Å². The van der Waals surface area contributed by atoms with Crippen molar-refractivity contribution in [2.75, 3.05) is 6.54 Å². The van der Waals surface area contributed by atoms with Crippen LogP contribution in [0, 0.1) is 23.0 Å². The van der Waals surface area contributed by atoms with Gasteiger partial charge in [-0.2, -0.15) is 5.26 Å². The van der Waals surface area contributed by atoms with Crippen LogP contribution in [0.1, 0.15) is 23.4 Å². The van der Waals surface area contributed by atoms with Gasteiger partial charge in [0.25, 0.3) is 0 Å². The van der Waals surface area contributed by atoms with Crippen molar-refractivity contribution in [3.63, 3.8) is 0 Å². The fraction of sp³-hybridized carbons (Fsp3) is 0.286. The number of aromatic nitrogens is 2. The van der Waals surface area contributed by atoms with Gasteiger partial charge >= 0.3 is 0 Å². The Bertz CT molecular complexity index is 579. The Balaban J connectivity index is 1.81. The topological polar surface area (TPSA) is 64.5 Å². The van der Waals surface area contributed by atoms with E-state index < -0.39 is 11.6 Å². The largest absolute Gasteiger partial charge is 0.349 e. The van der Waals surface area contributed by atoms with Crippen molar-refractivity contribution in [2.45, 2.75) is 19.4 Å². The molecule has 0 saturated heterocycles. The number of nitriles is 1. The average molecular weight is 276 g/mol. The first-order chi connectivity index (χ1) is 9.70. The smallest absolute Gasteiger partial charge is 0.131 e. The predicted octanol–water partition coefficient (Wildman–Crippen LogP) is 2.28. The van der Waals surface area contributed by atoms with Crippen molar-refractivity contribution in [3.8, 4) is 6.07 Å². The Hall–Kier alpha value is -2.26. The molecular formula is C14H14F2N4. The lowest BCUT2D eigenvalue weighted by atomic mass is 10.1. The fourth-order valence-electron chi connectivity index (χ4n) is 1.87. The van der Waals surface area contributed by atoms with Crippen molar-refractivity contribution >= 4 is 0 Å². The molecule has 0 unspecified atom stereocenters. The molecule has 2 rings (SSSR count). The first-order valence-electron chi connectivity index (χ1n) is 6.27. The zero-order chi connectivity index (χ0) is 14.4. The van der Waals surface area contributed by atoms with Gasteiger partial charge in [-0.1, -0.05) is 0 Å². The van der Waals surface area contributed by atoms with Gasteiger partial charge in [0.05, 0.1) is 11.6 Å². The highest BCUT2D eigenvalue weighted by Gasteiger charge is 2.10. The molecule has 2 N–H and O–H groups in total. The molecule has 1 aromatic carbocycles. The summed E-state index contributed by atoms with van der Waals surface area (Å²) in [4.78, 5) is 7.07. The third-order valence-corrected chi connectivity index (χ3v) is 2.89. The Labute approximate surface area is 115 Å². The Kier molecular flexibility index (Phi) is 4.80. The minimum Gasteiger partial charge on any atom is -0.349 e. The Morgan fingerprint density at radius 1 is 1.30 bits per heavy atom. The van der Waals surface area contributed by atoms with E-state index in [-0.39, 0.29) is 17.7 Å². The van der Waals surface area contributed by atoms with E-state index in [0.29, 0.717) is 6.54 Å². The van der Waals surface area contributed by atoms with Gasteiger partial charge in [-0.25, -0.2) is 13.8 Å². The van der Waals surface area contributed by atoms with Crippen molar-refractivity contribution in [1.29, 1.82) is 5.26 Å². The molecule has 6 heteroatoms. The highest BCUT2D eigenvalue weighted by atomic mass is 19.1. The van der Waals surface area contributed by atoms with Crippen LogP contribution in [-0.2, 0) is 13.0 Å². The van der Waals surface area contributed by atoms with Crippen molar-refractivity contribution in [3.05, 3.63) is 53.1 Å². The summed E-state index contributed by atoms with van der Waals surface area (Å²) in [5.41, 5.74) is -0.0523. The number of aromatic amines is 1. The SMILES string of the molecule is N#Cc1cc(F)c(CNCCCc2ncc[nH]2)c(F)c1. The van der Waals surface area contributed by atoms with Crippen LogP contribution >= 0.6 is 0 Å². The number of imidazole rings is 1. The summed E-state index contributed by atoms with van der Waals surface area (Å²) in [5.74, 6) is -0.497. The molecule has 0 fully saturated rings. The van der Waals surface area contributed by atoms with Gasteiger partial charge in [-0.15, -0.1) is 0 Å². The Morgan fingerprint density at radius 3 is 2.65 bits per heavy atom. The van der Waals surface area contributed by atoms with Gasteiger partial charge in [-0.05, 0) is 25.1 Å². The number of hydrogen-bond acceptors (Lipinski definition) is 3. The second-order valence-electron chi connectivity index (χ2n) is 4.35. The molecule has 0 saturated carbocycles. The first-order valence-corrected chi connectivity index (χ1v) is 6.27. The minimum atomic E-state index is -0.694. The summed E-state index contributed by atoms with van der Waals surface area (Å²) in [7, 11) is 0. The molecule has 4 nitrogen and oxygen atoms in total. The van der Waals surface area contributed by atoms with Gasteiger partial charge in [0.2, 0.25) is 0 Å². The van der Waals surface area contributed by atoms with Crippen LogP contribution in [-0.4, -0.2) is 16.5 Å². The molecule has 2 aromatic rings. The van der Waals surface area contributed by atoms with E-state index in [1.165, 1.54) is 0 Å². The number of aryl methyl sites for hydroxylation is 1. The van der Waals surface area contributed by atoms with Gasteiger partial charge in [0, 0.05) is 30.9 Å². The highest BCUT2D eigenvalue weighted by molar-refractivity contribution is 5.34.